The summed E-state index contributed by atoms with van der Waals surface area (Å²) in [5.74, 6) is -1.39. The van der Waals surface area contributed by atoms with E-state index >= 15 is 0 Å². The minimum atomic E-state index is -4.05. The van der Waals surface area contributed by atoms with Crippen LogP contribution < -0.4 is 5.32 Å². The van der Waals surface area contributed by atoms with Crippen LogP contribution in [0, 0.1) is 11.8 Å². The minimum Gasteiger partial charge on any atom is -0.310 e. The molecular formula is C16H26F3N. The molecule has 1 fully saturated rings. The van der Waals surface area contributed by atoms with Gasteiger partial charge >= 0.3 is 6.18 Å². The van der Waals surface area contributed by atoms with Crippen LogP contribution in [0.5, 0.6) is 0 Å². The summed E-state index contributed by atoms with van der Waals surface area (Å²) >= 11 is 0. The lowest BCUT2D eigenvalue weighted by Gasteiger charge is -2.40. The third-order valence-corrected chi connectivity index (χ3v) is 4.82. The molecule has 3 unspecified atom stereocenters. The molecule has 1 saturated carbocycles. The van der Waals surface area contributed by atoms with Crippen LogP contribution in [-0.4, -0.2) is 18.8 Å². The van der Waals surface area contributed by atoms with Crippen LogP contribution in [0.15, 0.2) is 11.6 Å². The molecule has 20 heavy (non-hydrogen) atoms. The zero-order valence-corrected chi connectivity index (χ0v) is 12.3. The van der Waals surface area contributed by atoms with E-state index in [1.807, 2.05) is 6.92 Å². The van der Waals surface area contributed by atoms with Gasteiger partial charge in [-0.2, -0.15) is 13.2 Å². The molecule has 3 atom stereocenters. The Kier molecular flexibility index (Phi) is 5.53. The van der Waals surface area contributed by atoms with E-state index in [0.29, 0.717) is 12.8 Å². The fourth-order valence-corrected chi connectivity index (χ4v) is 3.89. The normalized spacial score (nSPS) is 29.9. The summed E-state index contributed by atoms with van der Waals surface area (Å²) in [6, 6.07) is -0.0628. The molecule has 0 radical (unpaired) electrons. The zero-order chi connectivity index (χ0) is 14.6. The van der Waals surface area contributed by atoms with Crippen molar-refractivity contribution in [2.75, 3.05) is 6.54 Å². The molecule has 0 heterocycles. The lowest BCUT2D eigenvalue weighted by atomic mass is 9.71. The van der Waals surface area contributed by atoms with Crippen molar-refractivity contribution in [2.45, 2.75) is 70.5 Å². The van der Waals surface area contributed by atoms with Gasteiger partial charge in [-0.3, -0.25) is 0 Å². The van der Waals surface area contributed by atoms with Crippen LogP contribution in [-0.2, 0) is 0 Å². The Morgan fingerprint density at radius 2 is 1.95 bits per heavy atom. The van der Waals surface area contributed by atoms with E-state index in [2.05, 4.69) is 11.4 Å². The fraction of sp³-hybridized carbons (Fsp3) is 0.875. The summed E-state index contributed by atoms with van der Waals surface area (Å²) in [7, 11) is 0. The van der Waals surface area contributed by atoms with E-state index in [9.17, 15) is 13.2 Å². The SMILES string of the molecule is CCNC(C1=CCCCC1)C1CCCCC1C(F)(F)F. The summed E-state index contributed by atoms with van der Waals surface area (Å²) in [5.41, 5.74) is 1.24. The second kappa shape index (κ2) is 6.97. The van der Waals surface area contributed by atoms with Crippen molar-refractivity contribution in [1.82, 2.24) is 5.32 Å². The molecule has 1 nitrogen and oxygen atoms in total. The van der Waals surface area contributed by atoms with E-state index in [1.54, 1.807) is 0 Å². The first-order chi connectivity index (χ1) is 9.54. The highest BCUT2D eigenvalue weighted by Crippen LogP contribution is 2.44. The van der Waals surface area contributed by atoms with Gasteiger partial charge in [0.1, 0.15) is 0 Å². The van der Waals surface area contributed by atoms with Crippen molar-refractivity contribution < 1.29 is 13.2 Å². The van der Waals surface area contributed by atoms with Crippen molar-refractivity contribution in [2.24, 2.45) is 11.8 Å². The molecule has 0 amide bonds. The van der Waals surface area contributed by atoms with Gasteiger partial charge in [-0.1, -0.05) is 31.4 Å². The van der Waals surface area contributed by atoms with Gasteiger partial charge < -0.3 is 5.32 Å². The maximum absolute atomic E-state index is 13.3. The molecule has 4 heteroatoms. The Bertz CT molecular complexity index is 335. The van der Waals surface area contributed by atoms with Crippen molar-refractivity contribution >= 4 is 0 Å². The van der Waals surface area contributed by atoms with Crippen molar-refractivity contribution in [3.8, 4) is 0 Å². The molecule has 0 aliphatic heterocycles. The average Bonchev–Trinajstić information content (AvgIpc) is 2.45. The second-order valence-corrected chi connectivity index (χ2v) is 6.16. The third-order valence-electron chi connectivity index (χ3n) is 4.82. The molecular weight excluding hydrogens is 263 g/mol. The lowest BCUT2D eigenvalue weighted by molar-refractivity contribution is -0.198. The van der Waals surface area contributed by atoms with Gasteiger partial charge in [0.05, 0.1) is 5.92 Å². The van der Waals surface area contributed by atoms with Gasteiger partial charge in [-0.15, -0.1) is 0 Å². The van der Waals surface area contributed by atoms with Gasteiger partial charge in [0.25, 0.3) is 0 Å². The van der Waals surface area contributed by atoms with Gasteiger partial charge in [0.2, 0.25) is 0 Å². The van der Waals surface area contributed by atoms with Gasteiger partial charge in [0, 0.05) is 6.04 Å². The highest BCUT2D eigenvalue weighted by Gasteiger charge is 2.48. The summed E-state index contributed by atoms with van der Waals surface area (Å²) in [6.45, 7) is 2.73. The molecule has 0 aromatic heterocycles. The van der Waals surface area contributed by atoms with E-state index in [-0.39, 0.29) is 12.0 Å². The number of allylic oxidation sites excluding steroid dienone is 1. The van der Waals surface area contributed by atoms with E-state index in [0.717, 1.165) is 38.6 Å². The topological polar surface area (TPSA) is 12.0 Å². The van der Waals surface area contributed by atoms with Crippen LogP contribution in [0.25, 0.3) is 0 Å². The Balaban J connectivity index is 2.19. The predicted molar refractivity (Wildman–Crippen MR) is 75.5 cm³/mol. The van der Waals surface area contributed by atoms with E-state index < -0.39 is 12.1 Å². The van der Waals surface area contributed by atoms with Gasteiger partial charge in [-0.05, 0) is 51.0 Å². The summed E-state index contributed by atoms with van der Waals surface area (Å²) in [4.78, 5) is 0. The molecule has 0 aromatic rings. The standard InChI is InChI=1S/C16H26F3N/c1-2-20-15(12-8-4-3-5-9-12)13-10-6-7-11-14(13)16(17,18)19/h8,13-15,20H,2-7,9-11H2,1H3. The molecule has 1 N–H and O–H groups in total. The first-order valence-corrected chi connectivity index (χ1v) is 8.03. The molecule has 0 bridgehead atoms. The number of rotatable bonds is 4. The van der Waals surface area contributed by atoms with E-state index in [1.165, 1.54) is 12.0 Å². The number of likely N-dealkylation sites (N-methyl/N-ethyl adjacent to an activating group) is 1. The van der Waals surface area contributed by atoms with Crippen molar-refractivity contribution in [3.63, 3.8) is 0 Å². The van der Waals surface area contributed by atoms with Crippen LogP contribution in [0.3, 0.4) is 0 Å². The lowest BCUT2D eigenvalue weighted by Crippen LogP contribution is -2.46. The highest BCUT2D eigenvalue weighted by atomic mass is 19.4. The highest BCUT2D eigenvalue weighted by molar-refractivity contribution is 5.16. The van der Waals surface area contributed by atoms with E-state index in [4.69, 9.17) is 0 Å². The predicted octanol–water partition coefficient (Wildman–Crippen LogP) is 4.83. The third kappa shape index (κ3) is 3.78. The molecule has 0 aromatic carbocycles. The first kappa shape index (κ1) is 15.9. The van der Waals surface area contributed by atoms with Crippen molar-refractivity contribution in [3.05, 3.63) is 11.6 Å². The monoisotopic (exact) mass is 289 g/mol. The van der Waals surface area contributed by atoms with Crippen LogP contribution in [0.2, 0.25) is 0 Å². The van der Waals surface area contributed by atoms with Crippen LogP contribution >= 0.6 is 0 Å². The second-order valence-electron chi connectivity index (χ2n) is 6.16. The molecule has 2 aliphatic carbocycles. The Morgan fingerprint density at radius 1 is 1.20 bits per heavy atom. The summed E-state index contributed by atoms with van der Waals surface area (Å²) < 4.78 is 39.9. The number of halogens is 3. The van der Waals surface area contributed by atoms with Gasteiger partial charge in [-0.25, -0.2) is 0 Å². The Hall–Kier alpha value is -0.510. The maximum Gasteiger partial charge on any atom is 0.392 e. The number of alkyl halides is 3. The Labute approximate surface area is 120 Å². The number of nitrogens with one attached hydrogen (secondary N) is 1. The fourth-order valence-electron chi connectivity index (χ4n) is 3.89. The Morgan fingerprint density at radius 3 is 2.55 bits per heavy atom. The number of hydrogen-bond donors (Lipinski definition) is 1. The molecule has 2 rings (SSSR count). The molecule has 2 aliphatic rings. The van der Waals surface area contributed by atoms with Gasteiger partial charge in [0.15, 0.2) is 0 Å². The summed E-state index contributed by atoms with van der Waals surface area (Å²) in [6.07, 6.45) is 5.12. The first-order valence-electron chi connectivity index (χ1n) is 8.03. The van der Waals surface area contributed by atoms with Crippen molar-refractivity contribution in [1.29, 1.82) is 0 Å². The quantitative estimate of drug-likeness (QED) is 0.731. The largest absolute Gasteiger partial charge is 0.392 e. The summed E-state index contributed by atoms with van der Waals surface area (Å²) in [5, 5.41) is 3.36. The smallest absolute Gasteiger partial charge is 0.310 e. The van der Waals surface area contributed by atoms with Crippen LogP contribution in [0.1, 0.15) is 58.3 Å². The average molecular weight is 289 g/mol. The molecule has 0 spiro atoms. The molecule has 116 valence electrons. The zero-order valence-electron chi connectivity index (χ0n) is 12.3. The van der Waals surface area contributed by atoms with Crippen LogP contribution in [0.4, 0.5) is 13.2 Å². The maximum atomic E-state index is 13.3. The minimum absolute atomic E-state index is 0.0628. The molecule has 0 saturated heterocycles. The number of hydrogen-bond acceptors (Lipinski definition) is 1.